The molecule has 9 heteroatoms. The third-order valence-corrected chi connectivity index (χ3v) is 4.53. The van der Waals surface area contributed by atoms with Crippen LogP contribution in [-0.4, -0.2) is 73.4 Å². The molecule has 0 aliphatic rings. The molecule has 154 valence electrons. The number of amides is 1. The van der Waals surface area contributed by atoms with Gasteiger partial charge in [0, 0.05) is 6.92 Å². The first-order valence-corrected chi connectivity index (χ1v) is 10.5. The number of aliphatic hydroxyl groups excluding tert-OH is 1. The fraction of sp³-hybridized carbons (Fsp3) is 0.824. The third-order valence-electron chi connectivity index (χ3n) is 3.54. The van der Waals surface area contributed by atoms with E-state index in [-0.39, 0.29) is 19.1 Å². The van der Waals surface area contributed by atoms with E-state index in [1.54, 1.807) is 6.08 Å². The first kappa shape index (κ1) is 25.2. The largest absolute Gasteiger partial charge is 0.472 e. The van der Waals surface area contributed by atoms with Gasteiger partial charge in [-0.2, -0.15) is 0 Å². The summed E-state index contributed by atoms with van der Waals surface area (Å²) in [6, 6.07) is -0.836. The molecule has 0 radical (unpaired) electrons. The third kappa shape index (κ3) is 14.4. The summed E-state index contributed by atoms with van der Waals surface area (Å²) < 4.78 is 22.4. The van der Waals surface area contributed by atoms with Crippen LogP contribution in [0.4, 0.5) is 0 Å². The Hall–Kier alpha value is -0.760. The molecule has 0 fully saturated rings. The van der Waals surface area contributed by atoms with E-state index < -0.39 is 20.0 Å². The molecule has 0 rings (SSSR count). The standard InChI is InChI=1S/C17H35N2O6P/c1-6-7-8-9-10-11-17(21)16(18-15(2)20)14-25-26(22,23)24-13-12-19(3,4)5/h10-11,16-17,21H,6-9,12-14H2,1-5H3,(H-,18,20,22,23)/p+1/b11-10+. The van der Waals surface area contributed by atoms with Crippen molar-refractivity contribution >= 4 is 13.7 Å². The number of hydrogen-bond donors (Lipinski definition) is 3. The van der Waals surface area contributed by atoms with Crippen molar-refractivity contribution in [2.75, 3.05) is 40.9 Å². The van der Waals surface area contributed by atoms with Crippen molar-refractivity contribution in [3.8, 4) is 0 Å². The summed E-state index contributed by atoms with van der Waals surface area (Å²) in [5.74, 6) is -0.365. The summed E-state index contributed by atoms with van der Waals surface area (Å²) in [5, 5.41) is 12.7. The number of carbonyl (C=O) groups is 1. The van der Waals surface area contributed by atoms with Crippen molar-refractivity contribution in [1.82, 2.24) is 5.32 Å². The number of unbranched alkanes of at least 4 members (excludes halogenated alkanes) is 3. The van der Waals surface area contributed by atoms with E-state index >= 15 is 0 Å². The highest BCUT2D eigenvalue weighted by atomic mass is 31.2. The van der Waals surface area contributed by atoms with E-state index in [1.165, 1.54) is 6.92 Å². The normalized spacial score (nSPS) is 17.0. The zero-order valence-electron chi connectivity index (χ0n) is 16.7. The smallest absolute Gasteiger partial charge is 0.387 e. The molecule has 0 saturated carbocycles. The second kappa shape index (κ2) is 12.6. The minimum absolute atomic E-state index is 0.0575. The monoisotopic (exact) mass is 395 g/mol. The molecule has 3 unspecified atom stereocenters. The maximum Gasteiger partial charge on any atom is 0.472 e. The minimum Gasteiger partial charge on any atom is -0.387 e. The number of rotatable bonds is 14. The lowest BCUT2D eigenvalue weighted by Gasteiger charge is -2.25. The molecule has 0 aliphatic carbocycles. The van der Waals surface area contributed by atoms with E-state index in [0.29, 0.717) is 11.0 Å². The van der Waals surface area contributed by atoms with Crippen LogP contribution in [0.25, 0.3) is 0 Å². The molecule has 8 nitrogen and oxygen atoms in total. The molecular weight excluding hydrogens is 359 g/mol. The SMILES string of the molecule is CCCCC/C=C/C(O)C(COP(=O)(O)OCC[N+](C)(C)C)NC(C)=O. The van der Waals surface area contributed by atoms with Crippen LogP contribution in [0.1, 0.15) is 39.5 Å². The van der Waals surface area contributed by atoms with Crippen molar-refractivity contribution in [2.45, 2.75) is 51.7 Å². The molecule has 0 aromatic rings. The van der Waals surface area contributed by atoms with Crippen molar-refractivity contribution in [3.63, 3.8) is 0 Å². The van der Waals surface area contributed by atoms with Crippen LogP contribution < -0.4 is 5.32 Å². The Kier molecular flexibility index (Phi) is 12.2. The van der Waals surface area contributed by atoms with Crippen LogP contribution in [0.15, 0.2) is 12.2 Å². The summed E-state index contributed by atoms with van der Waals surface area (Å²) in [7, 11) is 1.55. The maximum absolute atomic E-state index is 11.9. The molecule has 3 atom stereocenters. The Labute approximate surface area is 157 Å². The van der Waals surface area contributed by atoms with Crippen LogP contribution in [0, 0.1) is 0 Å². The second-order valence-electron chi connectivity index (χ2n) is 7.33. The van der Waals surface area contributed by atoms with Crippen molar-refractivity contribution in [1.29, 1.82) is 0 Å². The predicted octanol–water partition coefficient (Wildman–Crippen LogP) is 1.83. The molecular formula is C17H36N2O6P+. The first-order chi connectivity index (χ1) is 12.0. The number of hydrogen-bond acceptors (Lipinski definition) is 5. The van der Waals surface area contributed by atoms with Gasteiger partial charge in [0.1, 0.15) is 13.2 Å². The molecule has 0 heterocycles. The lowest BCUT2D eigenvalue weighted by atomic mass is 10.1. The summed E-state index contributed by atoms with van der Waals surface area (Å²) in [5.41, 5.74) is 0. The van der Waals surface area contributed by atoms with Crippen molar-refractivity contribution < 1.29 is 32.9 Å². The van der Waals surface area contributed by atoms with Crippen molar-refractivity contribution in [2.24, 2.45) is 0 Å². The van der Waals surface area contributed by atoms with Crippen LogP contribution in [0.5, 0.6) is 0 Å². The van der Waals surface area contributed by atoms with Gasteiger partial charge in [0.25, 0.3) is 0 Å². The Balaban J connectivity index is 4.55. The zero-order chi connectivity index (χ0) is 20.2. The number of likely N-dealkylation sites (N-methyl/N-ethyl adjacent to an activating group) is 1. The summed E-state index contributed by atoms with van der Waals surface area (Å²) in [6.07, 6.45) is 6.45. The van der Waals surface area contributed by atoms with E-state index in [1.807, 2.05) is 27.2 Å². The van der Waals surface area contributed by atoms with Gasteiger partial charge < -0.3 is 19.8 Å². The highest BCUT2D eigenvalue weighted by Gasteiger charge is 2.27. The predicted molar refractivity (Wildman–Crippen MR) is 102 cm³/mol. The number of allylic oxidation sites excluding steroid dienone is 1. The number of nitrogens with one attached hydrogen (secondary N) is 1. The quantitative estimate of drug-likeness (QED) is 0.179. The molecule has 0 aromatic heterocycles. The Morgan fingerprint density at radius 1 is 1.27 bits per heavy atom. The molecule has 0 aromatic carbocycles. The van der Waals surface area contributed by atoms with Gasteiger partial charge in [-0.25, -0.2) is 4.57 Å². The van der Waals surface area contributed by atoms with Crippen LogP contribution in [-0.2, 0) is 18.4 Å². The van der Waals surface area contributed by atoms with Gasteiger partial charge in [0.2, 0.25) is 5.91 Å². The summed E-state index contributed by atoms with van der Waals surface area (Å²) in [4.78, 5) is 21.1. The zero-order valence-corrected chi connectivity index (χ0v) is 17.6. The molecule has 0 aliphatic heterocycles. The maximum atomic E-state index is 11.9. The van der Waals surface area contributed by atoms with Crippen LogP contribution in [0.2, 0.25) is 0 Å². The summed E-state index contributed by atoms with van der Waals surface area (Å²) in [6.45, 7) is 3.67. The molecule has 26 heavy (non-hydrogen) atoms. The van der Waals surface area contributed by atoms with E-state index in [9.17, 15) is 19.4 Å². The van der Waals surface area contributed by atoms with Gasteiger partial charge in [-0.3, -0.25) is 13.8 Å². The fourth-order valence-electron chi connectivity index (χ4n) is 2.01. The highest BCUT2D eigenvalue weighted by Crippen LogP contribution is 2.43. The Morgan fingerprint density at radius 3 is 2.46 bits per heavy atom. The van der Waals surface area contributed by atoms with E-state index in [2.05, 4.69) is 12.2 Å². The van der Waals surface area contributed by atoms with Gasteiger partial charge >= 0.3 is 7.82 Å². The van der Waals surface area contributed by atoms with Gasteiger partial charge in [-0.15, -0.1) is 0 Å². The highest BCUT2D eigenvalue weighted by molar-refractivity contribution is 7.47. The number of phosphoric acid groups is 1. The lowest BCUT2D eigenvalue weighted by molar-refractivity contribution is -0.870. The summed E-state index contributed by atoms with van der Waals surface area (Å²) >= 11 is 0. The van der Waals surface area contributed by atoms with Crippen molar-refractivity contribution in [3.05, 3.63) is 12.2 Å². The second-order valence-corrected chi connectivity index (χ2v) is 8.79. The molecule has 0 saturated heterocycles. The molecule has 3 N–H and O–H groups in total. The minimum atomic E-state index is -4.25. The van der Waals surface area contributed by atoms with Gasteiger partial charge in [-0.05, 0) is 12.8 Å². The first-order valence-electron chi connectivity index (χ1n) is 9.01. The fourth-order valence-corrected chi connectivity index (χ4v) is 2.75. The molecule has 0 spiro atoms. The Bertz CT molecular complexity index is 478. The van der Waals surface area contributed by atoms with Gasteiger partial charge in [0.15, 0.2) is 0 Å². The lowest BCUT2D eigenvalue weighted by Crippen LogP contribution is -2.44. The Morgan fingerprint density at radius 2 is 1.92 bits per heavy atom. The van der Waals surface area contributed by atoms with Crippen LogP contribution in [0.3, 0.4) is 0 Å². The molecule has 1 amide bonds. The number of nitrogens with zero attached hydrogens (tertiary/aromatic N) is 1. The molecule has 0 bridgehead atoms. The van der Waals surface area contributed by atoms with E-state index in [0.717, 1.165) is 25.7 Å². The number of phosphoric ester groups is 1. The van der Waals surface area contributed by atoms with Gasteiger partial charge in [0.05, 0.1) is 39.9 Å². The van der Waals surface area contributed by atoms with Gasteiger partial charge in [-0.1, -0.05) is 31.9 Å². The average Bonchev–Trinajstić information content (AvgIpc) is 2.49. The number of aliphatic hydroxyl groups is 1. The number of quaternary nitrogens is 1. The topological polar surface area (TPSA) is 105 Å². The average molecular weight is 395 g/mol. The van der Waals surface area contributed by atoms with Crippen LogP contribution >= 0.6 is 7.82 Å². The number of carbonyl (C=O) groups excluding carboxylic acids is 1. The van der Waals surface area contributed by atoms with E-state index in [4.69, 9.17) is 9.05 Å².